The number of hydrogen-bond acceptors (Lipinski definition) is 3. The average Bonchev–Trinajstić information content (AvgIpc) is 2.55. The van der Waals surface area contributed by atoms with Crippen LogP contribution in [0, 0.1) is 13.8 Å². The van der Waals surface area contributed by atoms with Crippen LogP contribution in [0.4, 0.5) is 5.69 Å². The topological polar surface area (TPSA) is 58.6 Å². The van der Waals surface area contributed by atoms with Crippen molar-refractivity contribution >= 4 is 29.1 Å². The van der Waals surface area contributed by atoms with Crippen LogP contribution in [0.15, 0.2) is 42.5 Å². The van der Waals surface area contributed by atoms with Gasteiger partial charge in [-0.2, -0.15) is 0 Å². The Morgan fingerprint density at radius 1 is 1.16 bits per heavy atom. The molecule has 0 aliphatic heterocycles. The van der Waals surface area contributed by atoms with Gasteiger partial charge < -0.3 is 15.0 Å². The fourth-order valence-electron chi connectivity index (χ4n) is 2.27. The second-order valence-corrected chi connectivity index (χ2v) is 6.24. The number of rotatable bonds is 6. The van der Waals surface area contributed by atoms with Crippen LogP contribution in [0.5, 0.6) is 5.75 Å². The molecule has 5 nitrogen and oxygen atoms in total. The van der Waals surface area contributed by atoms with E-state index in [4.69, 9.17) is 16.3 Å². The molecule has 1 N–H and O–H groups in total. The molecule has 2 aromatic carbocycles. The third-order valence-corrected chi connectivity index (χ3v) is 3.97. The number of benzene rings is 2. The highest BCUT2D eigenvalue weighted by Gasteiger charge is 2.15. The van der Waals surface area contributed by atoms with E-state index in [-0.39, 0.29) is 25.0 Å². The zero-order chi connectivity index (χ0) is 18.4. The Hall–Kier alpha value is -2.53. The lowest BCUT2D eigenvalue weighted by Gasteiger charge is -2.18. The molecule has 2 rings (SSSR count). The molecule has 132 valence electrons. The summed E-state index contributed by atoms with van der Waals surface area (Å²) in [7, 11) is 1.56. The highest BCUT2D eigenvalue weighted by Crippen LogP contribution is 2.20. The zero-order valence-corrected chi connectivity index (χ0v) is 15.3. The number of nitrogens with one attached hydrogen (secondary N) is 1. The highest BCUT2D eigenvalue weighted by molar-refractivity contribution is 6.33. The molecule has 0 atom stereocenters. The van der Waals surface area contributed by atoms with Crippen LogP contribution in [0.2, 0.25) is 5.02 Å². The summed E-state index contributed by atoms with van der Waals surface area (Å²) in [6.45, 7) is 3.71. The summed E-state index contributed by atoms with van der Waals surface area (Å²) in [4.78, 5) is 25.5. The van der Waals surface area contributed by atoms with Gasteiger partial charge in [0.05, 0.1) is 17.3 Å². The van der Waals surface area contributed by atoms with E-state index < -0.39 is 0 Å². The highest BCUT2D eigenvalue weighted by atomic mass is 35.5. The Labute approximate surface area is 152 Å². The summed E-state index contributed by atoms with van der Waals surface area (Å²) in [5.41, 5.74) is 2.61. The molecule has 0 radical (unpaired) electrons. The molecule has 0 heterocycles. The van der Waals surface area contributed by atoms with Gasteiger partial charge in [0.15, 0.2) is 6.61 Å². The van der Waals surface area contributed by atoms with Gasteiger partial charge in [0, 0.05) is 7.05 Å². The lowest BCUT2D eigenvalue weighted by Crippen LogP contribution is -2.37. The van der Waals surface area contributed by atoms with Crippen LogP contribution in [0.25, 0.3) is 0 Å². The smallest absolute Gasteiger partial charge is 0.260 e. The first-order valence-electron chi connectivity index (χ1n) is 7.85. The summed E-state index contributed by atoms with van der Waals surface area (Å²) in [5.74, 6) is 0.0534. The lowest BCUT2D eigenvalue weighted by molar-refractivity contribution is -0.135. The Kier molecular flexibility index (Phi) is 6.42. The van der Waals surface area contributed by atoms with Crippen molar-refractivity contribution in [1.82, 2.24) is 4.90 Å². The van der Waals surface area contributed by atoms with E-state index in [1.807, 2.05) is 32.0 Å². The Morgan fingerprint density at radius 3 is 2.56 bits per heavy atom. The Balaban J connectivity index is 1.85. The van der Waals surface area contributed by atoms with Gasteiger partial charge in [-0.1, -0.05) is 41.4 Å². The molecule has 25 heavy (non-hydrogen) atoms. The fourth-order valence-corrected chi connectivity index (χ4v) is 2.45. The number of carbonyl (C=O) groups excluding carboxylic acids is 2. The second kappa shape index (κ2) is 8.53. The van der Waals surface area contributed by atoms with Gasteiger partial charge in [-0.3, -0.25) is 9.59 Å². The normalized spacial score (nSPS) is 10.2. The van der Waals surface area contributed by atoms with Crippen LogP contribution < -0.4 is 10.1 Å². The number of carbonyl (C=O) groups is 2. The molecule has 2 aromatic rings. The van der Waals surface area contributed by atoms with E-state index in [0.717, 1.165) is 11.1 Å². The van der Waals surface area contributed by atoms with E-state index in [9.17, 15) is 9.59 Å². The number of likely N-dealkylation sites (N-methyl/N-ethyl adjacent to an activating group) is 1. The van der Waals surface area contributed by atoms with Crippen molar-refractivity contribution in [2.24, 2.45) is 0 Å². The Morgan fingerprint density at radius 2 is 1.88 bits per heavy atom. The summed E-state index contributed by atoms with van der Waals surface area (Å²) < 4.78 is 5.55. The second-order valence-electron chi connectivity index (χ2n) is 5.84. The molecule has 2 amide bonds. The van der Waals surface area contributed by atoms with Gasteiger partial charge in [-0.15, -0.1) is 0 Å². The van der Waals surface area contributed by atoms with Gasteiger partial charge in [-0.25, -0.2) is 0 Å². The van der Waals surface area contributed by atoms with E-state index in [0.29, 0.717) is 16.5 Å². The van der Waals surface area contributed by atoms with Gasteiger partial charge in [0.1, 0.15) is 5.75 Å². The molecule has 0 aliphatic rings. The number of anilines is 1. The van der Waals surface area contributed by atoms with Crippen LogP contribution in [0.3, 0.4) is 0 Å². The van der Waals surface area contributed by atoms with E-state index in [1.165, 1.54) is 4.90 Å². The molecular weight excluding hydrogens is 340 g/mol. The average molecular weight is 361 g/mol. The maximum atomic E-state index is 12.1. The van der Waals surface area contributed by atoms with Gasteiger partial charge >= 0.3 is 0 Å². The fraction of sp³-hybridized carbons (Fsp3) is 0.263. The number of amides is 2. The maximum Gasteiger partial charge on any atom is 0.260 e. The van der Waals surface area contributed by atoms with Crippen molar-refractivity contribution in [2.75, 3.05) is 25.5 Å². The van der Waals surface area contributed by atoms with Crippen LogP contribution >= 0.6 is 11.6 Å². The van der Waals surface area contributed by atoms with Crippen LogP contribution in [0.1, 0.15) is 11.1 Å². The minimum absolute atomic E-state index is 0.0830. The molecule has 0 saturated carbocycles. The molecule has 0 saturated heterocycles. The van der Waals surface area contributed by atoms with Crippen molar-refractivity contribution < 1.29 is 14.3 Å². The third-order valence-electron chi connectivity index (χ3n) is 3.64. The van der Waals surface area contributed by atoms with E-state index in [2.05, 4.69) is 5.32 Å². The lowest BCUT2D eigenvalue weighted by atomic mass is 10.1. The first kappa shape index (κ1) is 18.8. The maximum absolute atomic E-state index is 12.1. The zero-order valence-electron chi connectivity index (χ0n) is 14.5. The molecule has 6 heteroatoms. The van der Waals surface area contributed by atoms with Crippen molar-refractivity contribution in [3.63, 3.8) is 0 Å². The minimum Gasteiger partial charge on any atom is -0.484 e. The van der Waals surface area contributed by atoms with E-state index in [1.54, 1.807) is 31.3 Å². The van der Waals surface area contributed by atoms with Gasteiger partial charge in [-0.05, 0) is 37.6 Å². The number of hydrogen-bond donors (Lipinski definition) is 1. The molecule has 0 unspecified atom stereocenters. The number of ether oxygens (including phenoxy) is 1. The molecule has 0 spiro atoms. The number of halogens is 1. The van der Waals surface area contributed by atoms with Crippen molar-refractivity contribution in [2.45, 2.75) is 13.8 Å². The summed E-state index contributed by atoms with van der Waals surface area (Å²) in [6, 6.07) is 12.7. The molecule has 0 fully saturated rings. The predicted octanol–water partition coefficient (Wildman–Crippen LogP) is 3.43. The number of para-hydroxylation sites is 1. The number of aryl methyl sites for hydroxylation is 2. The summed E-state index contributed by atoms with van der Waals surface area (Å²) in [5, 5.41) is 3.13. The number of nitrogens with zero attached hydrogens (tertiary/aromatic N) is 1. The van der Waals surface area contributed by atoms with Crippen LogP contribution in [-0.4, -0.2) is 36.9 Å². The Bertz CT molecular complexity index is 777. The largest absolute Gasteiger partial charge is 0.484 e. The first-order valence-corrected chi connectivity index (χ1v) is 8.23. The standard InChI is InChI=1S/C19H21ClN2O3/c1-13-8-9-17(14(2)10-13)25-12-19(24)22(3)11-18(23)21-16-7-5-4-6-15(16)20/h4-10H,11-12H2,1-3H3,(H,21,23). The first-order chi connectivity index (χ1) is 11.9. The quantitative estimate of drug-likeness (QED) is 0.858. The minimum atomic E-state index is -0.324. The van der Waals surface area contributed by atoms with Gasteiger partial charge in [0.2, 0.25) is 5.91 Å². The molecule has 0 aromatic heterocycles. The van der Waals surface area contributed by atoms with Crippen molar-refractivity contribution in [3.05, 3.63) is 58.6 Å². The predicted molar refractivity (Wildman–Crippen MR) is 99.1 cm³/mol. The van der Waals surface area contributed by atoms with Gasteiger partial charge in [0.25, 0.3) is 5.91 Å². The van der Waals surface area contributed by atoms with Crippen molar-refractivity contribution in [1.29, 1.82) is 0 Å². The summed E-state index contributed by atoms with van der Waals surface area (Å²) >= 11 is 6.00. The van der Waals surface area contributed by atoms with Crippen molar-refractivity contribution in [3.8, 4) is 5.75 Å². The van der Waals surface area contributed by atoms with Crippen LogP contribution in [-0.2, 0) is 9.59 Å². The monoisotopic (exact) mass is 360 g/mol. The molecular formula is C19H21ClN2O3. The van der Waals surface area contributed by atoms with E-state index >= 15 is 0 Å². The summed E-state index contributed by atoms with van der Waals surface area (Å²) in [6.07, 6.45) is 0. The molecule has 0 bridgehead atoms. The molecule has 0 aliphatic carbocycles. The SMILES string of the molecule is Cc1ccc(OCC(=O)N(C)CC(=O)Nc2ccccc2Cl)c(C)c1. The third kappa shape index (κ3) is 5.50.